The molecular formula is C12H19N3O2S. The van der Waals surface area contributed by atoms with Crippen molar-refractivity contribution in [2.45, 2.75) is 25.8 Å². The number of thiophene rings is 1. The standard InChI is InChI=1S/C12H19N3O2S/c1-2-3-11(14-6-4-13-5-7-14)10-8-12(15(16)17)18-9-10/h8-9,11,13H,2-7H2,1H3/t11-/m1/s1. The van der Waals surface area contributed by atoms with Gasteiger partial charge in [0.1, 0.15) is 0 Å². The van der Waals surface area contributed by atoms with E-state index in [-0.39, 0.29) is 9.92 Å². The van der Waals surface area contributed by atoms with Gasteiger partial charge in [-0.15, -0.1) is 0 Å². The van der Waals surface area contributed by atoms with Crippen LogP contribution in [0.15, 0.2) is 11.4 Å². The highest BCUT2D eigenvalue weighted by atomic mass is 32.1. The van der Waals surface area contributed by atoms with Gasteiger partial charge in [-0.1, -0.05) is 24.7 Å². The Bertz CT molecular complexity index is 402. The summed E-state index contributed by atoms with van der Waals surface area (Å²) < 4.78 is 0. The first-order valence-corrected chi connectivity index (χ1v) is 7.28. The minimum atomic E-state index is -0.297. The van der Waals surface area contributed by atoms with E-state index in [1.54, 1.807) is 6.07 Å². The second-order valence-corrected chi connectivity index (χ2v) is 5.46. The van der Waals surface area contributed by atoms with Crippen molar-refractivity contribution in [1.82, 2.24) is 10.2 Å². The molecule has 1 N–H and O–H groups in total. The normalized spacial score (nSPS) is 18.7. The minimum absolute atomic E-state index is 0.251. The van der Waals surface area contributed by atoms with Gasteiger partial charge in [0, 0.05) is 43.7 Å². The van der Waals surface area contributed by atoms with Crippen molar-refractivity contribution in [3.63, 3.8) is 0 Å². The Balaban J connectivity index is 2.14. The molecule has 2 rings (SSSR count). The van der Waals surface area contributed by atoms with Crippen LogP contribution in [0.5, 0.6) is 0 Å². The lowest BCUT2D eigenvalue weighted by atomic mass is 10.0. The third-order valence-electron chi connectivity index (χ3n) is 3.33. The van der Waals surface area contributed by atoms with Crippen molar-refractivity contribution in [2.24, 2.45) is 0 Å². The lowest BCUT2D eigenvalue weighted by Crippen LogP contribution is -2.45. The first-order valence-electron chi connectivity index (χ1n) is 6.40. The molecule has 0 radical (unpaired) electrons. The summed E-state index contributed by atoms with van der Waals surface area (Å²) >= 11 is 1.23. The topological polar surface area (TPSA) is 58.4 Å². The molecular weight excluding hydrogens is 250 g/mol. The molecule has 1 aliphatic rings. The maximum Gasteiger partial charge on any atom is 0.324 e. The van der Waals surface area contributed by atoms with Crippen molar-refractivity contribution in [2.75, 3.05) is 26.2 Å². The van der Waals surface area contributed by atoms with E-state index in [1.807, 2.05) is 5.38 Å². The van der Waals surface area contributed by atoms with Crippen LogP contribution < -0.4 is 5.32 Å². The van der Waals surface area contributed by atoms with Crippen LogP contribution in [0.2, 0.25) is 0 Å². The molecule has 1 fully saturated rings. The Morgan fingerprint density at radius 2 is 2.28 bits per heavy atom. The third-order valence-corrected chi connectivity index (χ3v) is 4.22. The quantitative estimate of drug-likeness (QED) is 0.658. The zero-order valence-electron chi connectivity index (χ0n) is 10.6. The molecule has 1 aliphatic heterocycles. The number of nitro groups is 1. The average Bonchev–Trinajstić information content (AvgIpc) is 2.86. The van der Waals surface area contributed by atoms with Gasteiger partial charge in [-0.2, -0.15) is 0 Å². The predicted octanol–water partition coefficient (Wildman–Crippen LogP) is 2.40. The van der Waals surface area contributed by atoms with Crippen LogP contribution >= 0.6 is 11.3 Å². The Morgan fingerprint density at radius 3 is 2.83 bits per heavy atom. The summed E-state index contributed by atoms with van der Waals surface area (Å²) in [4.78, 5) is 12.9. The van der Waals surface area contributed by atoms with Crippen LogP contribution in [0.4, 0.5) is 5.00 Å². The SMILES string of the molecule is CCC[C@H](c1csc([N+](=O)[O-])c1)N1CCNCC1. The highest BCUT2D eigenvalue weighted by Gasteiger charge is 2.24. The molecule has 0 amide bonds. The number of hydrogen-bond donors (Lipinski definition) is 1. The second-order valence-electron chi connectivity index (χ2n) is 4.57. The van der Waals surface area contributed by atoms with Gasteiger partial charge in [0.2, 0.25) is 0 Å². The monoisotopic (exact) mass is 269 g/mol. The van der Waals surface area contributed by atoms with E-state index in [9.17, 15) is 10.1 Å². The van der Waals surface area contributed by atoms with Crippen LogP contribution in [-0.2, 0) is 0 Å². The van der Waals surface area contributed by atoms with E-state index in [2.05, 4.69) is 17.1 Å². The van der Waals surface area contributed by atoms with Crippen LogP contribution in [0.1, 0.15) is 31.4 Å². The summed E-state index contributed by atoms with van der Waals surface area (Å²) in [5, 5.41) is 16.3. The Labute approximate surface area is 111 Å². The molecule has 0 unspecified atom stereocenters. The number of nitrogens with one attached hydrogen (secondary N) is 1. The van der Waals surface area contributed by atoms with Crippen molar-refractivity contribution >= 4 is 16.3 Å². The van der Waals surface area contributed by atoms with Crippen molar-refractivity contribution in [3.8, 4) is 0 Å². The summed E-state index contributed by atoms with van der Waals surface area (Å²) in [5.41, 5.74) is 1.11. The molecule has 1 aromatic heterocycles. The van der Waals surface area contributed by atoms with E-state index in [0.29, 0.717) is 6.04 Å². The van der Waals surface area contributed by atoms with Gasteiger partial charge >= 0.3 is 5.00 Å². The lowest BCUT2D eigenvalue weighted by Gasteiger charge is -2.34. The van der Waals surface area contributed by atoms with Crippen molar-refractivity contribution < 1.29 is 4.92 Å². The first-order chi connectivity index (χ1) is 8.72. The molecule has 6 heteroatoms. The molecule has 1 saturated heterocycles. The molecule has 2 heterocycles. The van der Waals surface area contributed by atoms with E-state index >= 15 is 0 Å². The maximum absolute atomic E-state index is 10.8. The van der Waals surface area contributed by atoms with Gasteiger partial charge in [0.15, 0.2) is 0 Å². The minimum Gasteiger partial charge on any atom is -0.314 e. The Morgan fingerprint density at radius 1 is 1.56 bits per heavy atom. The molecule has 0 aromatic carbocycles. The third kappa shape index (κ3) is 3.07. The van der Waals surface area contributed by atoms with Gasteiger partial charge < -0.3 is 5.32 Å². The number of nitrogens with zero attached hydrogens (tertiary/aromatic N) is 2. The van der Waals surface area contributed by atoms with Gasteiger partial charge in [-0.05, 0) is 12.0 Å². The highest BCUT2D eigenvalue weighted by molar-refractivity contribution is 7.13. The van der Waals surface area contributed by atoms with Gasteiger partial charge in [0.05, 0.1) is 4.92 Å². The fraction of sp³-hybridized carbons (Fsp3) is 0.667. The fourth-order valence-electron chi connectivity index (χ4n) is 2.44. The molecule has 0 saturated carbocycles. The van der Waals surface area contributed by atoms with E-state index in [4.69, 9.17) is 0 Å². The Kier molecular flexibility index (Phi) is 4.68. The number of hydrogen-bond acceptors (Lipinski definition) is 5. The summed E-state index contributed by atoms with van der Waals surface area (Å²) in [6, 6.07) is 2.08. The number of piperazine rings is 1. The summed E-state index contributed by atoms with van der Waals surface area (Å²) in [6.07, 6.45) is 2.16. The van der Waals surface area contributed by atoms with Crippen molar-refractivity contribution in [1.29, 1.82) is 0 Å². The van der Waals surface area contributed by atoms with Crippen LogP contribution in [-0.4, -0.2) is 36.0 Å². The molecule has 5 nitrogen and oxygen atoms in total. The zero-order chi connectivity index (χ0) is 13.0. The van der Waals surface area contributed by atoms with E-state index in [1.165, 1.54) is 11.3 Å². The molecule has 1 aromatic rings. The largest absolute Gasteiger partial charge is 0.324 e. The summed E-state index contributed by atoms with van der Waals surface area (Å²) in [5.74, 6) is 0. The van der Waals surface area contributed by atoms with Crippen LogP contribution in [0.3, 0.4) is 0 Å². The smallest absolute Gasteiger partial charge is 0.314 e. The van der Waals surface area contributed by atoms with Gasteiger partial charge in [-0.3, -0.25) is 15.0 Å². The second kappa shape index (κ2) is 6.26. The molecule has 18 heavy (non-hydrogen) atoms. The lowest BCUT2D eigenvalue weighted by molar-refractivity contribution is -0.380. The average molecular weight is 269 g/mol. The van der Waals surface area contributed by atoms with E-state index in [0.717, 1.165) is 44.6 Å². The Hall–Kier alpha value is -0.980. The van der Waals surface area contributed by atoms with Crippen LogP contribution in [0, 0.1) is 10.1 Å². The molecule has 1 atom stereocenters. The molecule has 100 valence electrons. The summed E-state index contributed by atoms with van der Waals surface area (Å²) in [6.45, 7) is 6.22. The van der Waals surface area contributed by atoms with Crippen molar-refractivity contribution in [3.05, 3.63) is 27.1 Å². The fourth-order valence-corrected chi connectivity index (χ4v) is 3.21. The zero-order valence-corrected chi connectivity index (χ0v) is 11.4. The van der Waals surface area contributed by atoms with E-state index < -0.39 is 0 Å². The van der Waals surface area contributed by atoms with Gasteiger partial charge in [0.25, 0.3) is 0 Å². The summed E-state index contributed by atoms with van der Waals surface area (Å²) in [7, 11) is 0. The number of rotatable bonds is 5. The first kappa shape index (κ1) is 13.5. The highest BCUT2D eigenvalue weighted by Crippen LogP contribution is 2.32. The predicted molar refractivity (Wildman–Crippen MR) is 73.1 cm³/mol. The molecule has 0 aliphatic carbocycles. The molecule has 0 bridgehead atoms. The molecule has 0 spiro atoms. The van der Waals surface area contributed by atoms with Gasteiger partial charge in [-0.25, -0.2) is 0 Å². The van der Waals surface area contributed by atoms with Crippen LogP contribution in [0.25, 0.3) is 0 Å². The maximum atomic E-state index is 10.8.